The standard InChI is InChI=1S/C18H37N3/c1-4-9-19-15-18(8-6-7-17(3)14-18)16-21-12-10-20(5-2)11-13-21/h17,19H,4-16H2,1-3H3. The maximum atomic E-state index is 3.74. The van der Waals surface area contributed by atoms with Crippen molar-refractivity contribution in [3.63, 3.8) is 0 Å². The molecule has 0 aromatic rings. The lowest BCUT2D eigenvalue weighted by Gasteiger charge is -2.45. The van der Waals surface area contributed by atoms with Crippen LogP contribution in [0, 0.1) is 11.3 Å². The molecule has 0 spiro atoms. The topological polar surface area (TPSA) is 18.5 Å². The fourth-order valence-corrected chi connectivity index (χ4v) is 4.40. The molecule has 3 nitrogen and oxygen atoms in total. The van der Waals surface area contributed by atoms with Gasteiger partial charge in [-0.2, -0.15) is 0 Å². The zero-order chi connectivity index (χ0) is 15.1. The molecule has 3 heteroatoms. The van der Waals surface area contributed by atoms with E-state index < -0.39 is 0 Å². The molecule has 2 rings (SSSR count). The van der Waals surface area contributed by atoms with E-state index in [0.717, 1.165) is 5.92 Å². The van der Waals surface area contributed by atoms with Crippen molar-refractivity contribution in [2.45, 2.75) is 52.9 Å². The molecular weight excluding hydrogens is 258 g/mol. The minimum absolute atomic E-state index is 0.543. The summed E-state index contributed by atoms with van der Waals surface area (Å²) in [5, 5.41) is 3.74. The van der Waals surface area contributed by atoms with Crippen molar-refractivity contribution in [3.8, 4) is 0 Å². The largest absolute Gasteiger partial charge is 0.316 e. The highest BCUT2D eigenvalue weighted by Gasteiger charge is 2.36. The summed E-state index contributed by atoms with van der Waals surface area (Å²) in [5.41, 5.74) is 0.543. The Bertz CT molecular complexity index is 286. The van der Waals surface area contributed by atoms with Gasteiger partial charge in [0.05, 0.1) is 0 Å². The van der Waals surface area contributed by atoms with Crippen molar-refractivity contribution >= 4 is 0 Å². The van der Waals surface area contributed by atoms with Crippen LogP contribution in [0.5, 0.6) is 0 Å². The molecule has 2 aliphatic rings. The van der Waals surface area contributed by atoms with Gasteiger partial charge >= 0.3 is 0 Å². The van der Waals surface area contributed by atoms with E-state index in [2.05, 4.69) is 35.9 Å². The summed E-state index contributed by atoms with van der Waals surface area (Å²) in [5.74, 6) is 0.916. The smallest absolute Gasteiger partial charge is 0.0110 e. The lowest BCUT2D eigenvalue weighted by Crippen LogP contribution is -2.52. The second-order valence-corrected chi connectivity index (χ2v) is 7.59. The quantitative estimate of drug-likeness (QED) is 0.729. The van der Waals surface area contributed by atoms with E-state index in [0.29, 0.717) is 5.41 Å². The normalized spacial score (nSPS) is 32.4. The highest BCUT2D eigenvalue weighted by molar-refractivity contribution is 4.91. The molecule has 1 saturated heterocycles. The average molecular weight is 296 g/mol. The molecule has 1 aliphatic heterocycles. The molecule has 1 saturated carbocycles. The molecule has 2 unspecified atom stereocenters. The van der Waals surface area contributed by atoms with Gasteiger partial charge < -0.3 is 15.1 Å². The molecule has 0 aromatic heterocycles. The number of likely N-dealkylation sites (N-methyl/N-ethyl adjacent to an activating group) is 1. The van der Waals surface area contributed by atoms with Gasteiger partial charge in [-0.25, -0.2) is 0 Å². The van der Waals surface area contributed by atoms with E-state index in [4.69, 9.17) is 0 Å². The Kier molecular flexibility index (Phi) is 6.97. The van der Waals surface area contributed by atoms with Gasteiger partial charge in [0.15, 0.2) is 0 Å². The van der Waals surface area contributed by atoms with Crippen LogP contribution in [-0.4, -0.2) is 62.2 Å². The summed E-state index contributed by atoms with van der Waals surface area (Å²) in [4.78, 5) is 5.33. The van der Waals surface area contributed by atoms with Gasteiger partial charge in [-0.15, -0.1) is 0 Å². The van der Waals surface area contributed by atoms with Gasteiger partial charge in [0.1, 0.15) is 0 Å². The maximum absolute atomic E-state index is 3.74. The first-order valence-corrected chi connectivity index (χ1v) is 9.33. The van der Waals surface area contributed by atoms with Crippen molar-refractivity contribution in [3.05, 3.63) is 0 Å². The van der Waals surface area contributed by atoms with Crippen molar-refractivity contribution in [1.29, 1.82) is 0 Å². The third-order valence-corrected chi connectivity index (χ3v) is 5.58. The molecule has 2 fully saturated rings. The van der Waals surface area contributed by atoms with Crippen LogP contribution in [0.25, 0.3) is 0 Å². The van der Waals surface area contributed by atoms with Gasteiger partial charge in [-0.1, -0.05) is 33.6 Å². The molecule has 124 valence electrons. The summed E-state index contributed by atoms with van der Waals surface area (Å²) in [6.45, 7) is 17.1. The van der Waals surface area contributed by atoms with Crippen molar-refractivity contribution in [2.24, 2.45) is 11.3 Å². The van der Waals surface area contributed by atoms with Crippen LogP contribution in [0.3, 0.4) is 0 Å². The van der Waals surface area contributed by atoms with Crippen molar-refractivity contribution < 1.29 is 0 Å². The number of hydrogen-bond acceptors (Lipinski definition) is 3. The Labute approximate surface area is 132 Å². The van der Waals surface area contributed by atoms with Gasteiger partial charge in [0, 0.05) is 39.3 Å². The molecule has 21 heavy (non-hydrogen) atoms. The molecule has 1 N–H and O–H groups in total. The number of nitrogens with zero attached hydrogens (tertiary/aromatic N) is 2. The van der Waals surface area contributed by atoms with Gasteiger partial charge in [-0.3, -0.25) is 0 Å². The van der Waals surface area contributed by atoms with Gasteiger partial charge in [-0.05, 0) is 43.7 Å². The Balaban J connectivity index is 1.89. The highest BCUT2D eigenvalue weighted by atomic mass is 15.3. The van der Waals surface area contributed by atoms with E-state index in [1.807, 2.05) is 0 Å². The second kappa shape index (κ2) is 8.50. The number of hydrogen-bond donors (Lipinski definition) is 1. The first kappa shape index (κ1) is 17.2. The first-order valence-electron chi connectivity index (χ1n) is 9.33. The fraction of sp³-hybridized carbons (Fsp3) is 1.00. The molecule has 0 radical (unpaired) electrons. The monoisotopic (exact) mass is 295 g/mol. The Morgan fingerprint density at radius 1 is 1.10 bits per heavy atom. The third kappa shape index (κ3) is 5.22. The molecule has 0 bridgehead atoms. The predicted molar refractivity (Wildman–Crippen MR) is 91.8 cm³/mol. The van der Waals surface area contributed by atoms with E-state index >= 15 is 0 Å². The molecule has 1 aliphatic carbocycles. The SMILES string of the molecule is CCCNCC1(CN2CCN(CC)CC2)CCCC(C)C1. The first-order chi connectivity index (χ1) is 10.2. The average Bonchev–Trinajstić information content (AvgIpc) is 2.48. The summed E-state index contributed by atoms with van der Waals surface area (Å²) in [7, 11) is 0. The minimum atomic E-state index is 0.543. The lowest BCUT2D eigenvalue weighted by atomic mass is 9.69. The molecular formula is C18H37N3. The van der Waals surface area contributed by atoms with Crippen LogP contribution in [-0.2, 0) is 0 Å². The van der Waals surface area contributed by atoms with Crippen LogP contribution in [0.4, 0.5) is 0 Å². The number of nitrogens with one attached hydrogen (secondary N) is 1. The zero-order valence-electron chi connectivity index (χ0n) is 14.7. The highest BCUT2D eigenvalue weighted by Crippen LogP contribution is 2.39. The zero-order valence-corrected chi connectivity index (χ0v) is 14.7. The van der Waals surface area contributed by atoms with Crippen molar-refractivity contribution in [2.75, 3.05) is 52.4 Å². The number of rotatable bonds is 7. The Hall–Kier alpha value is -0.120. The second-order valence-electron chi connectivity index (χ2n) is 7.59. The fourth-order valence-electron chi connectivity index (χ4n) is 4.40. The van der Waals surface area contributed by atoms with Crippen LogP contribution >= 0.6 is 0 Å². The lowest BCUT2D eigenvalue weighted by molar-refractivity contribution is 0.0505. The van der Waals surface area contributed by atoms with Crippen LogP contribution in [0.1, 0.15) is 52.9 Å². The maximum Gasteiger partial charge on any atom is 0.0110 e. The van der Waals surface area contributed by atoms with Crippen LogP contribution in [0.15, 0.2) is 0 Å². The Morgan fingerprint density at radius 3 is 2.43 bits per heavy atom. The van der Waals surface area contributed by atoms with E-state index in [9.17, 15) is 0 Å². The third-order valence-electron chi connectivity index (χ3n) is 5.58. The summed E-state index contributed by atoms with van der Waals surface area (Å²) in [6, 6.07) is 0. The van der Waals surface area contributed by atoms with Gasteiger partial charge in [0.25, 0.3) is 0 Å². The molecule has 0 aromatic carbocycles. The van der Waals surface area contributed by atoms with E-state index in [1.54, 1.807) is 0 Å². The summed E-state index contributed by atoms with van der Waals surface area (Å²) >= 11 is 0. The number of piperazine rings is 1. The molecule has 1 heterocycles. The van der Waals surface area contributed by atoms with Crippen LogP contribution in [0.2, 0.25) is 0 Å². The summed E-state index contributed by atoms with van der Waals surface area (Å²) in [6.07, 6.45) is 6.99. The molecule has 2 atom stereocenters. The van der Waals surface area contributed by atoms with Crippen molar-refractivity contribution in [1.82, 2.24) is 15.1 Å². The van der Waals surface area contributed by atoms with Gasteiger partial charge in [0.2, 0.25) is 0 Å². The van der Waals surface area contributed by atoms with Crippen LogP contribution < -0.4 is 5.32 Å². The van der Waals surface area contributed by atoms with E-state index in [-0.39, 0.29) is 0 Å². The van der Waals surface area contributed by atoms with E-state index in [1.165, 1.54) is 84.5 Å². The molecule has 0 amide bonds. The Morgan fingerprint density at radius 2 is 1.81 bits per heavy atom. The minimum Gasteiger partial charge on any atom is -0.316 e. The predicted octanol–water partition coefficient (Wildman–Crippen LogP) is 2.82. The summed E-state index contributed by atoms with van der Waals surface area (Å²) < 4.78 is 0.